The van der Waals surface area contributed by atoms with Crippen LogP contribution in [0.25, 0.3) is 0 Å². The Morgan fingerprint density at radius 3 is 2.40 bits per heavy atom. The Morgan fingerprint density at radius 1 is 1.40 bits per heavy atom. The molecule has 86 valence electrons. The molecule has 0 saturated heterocycles. The van der Waals surface area contributed by atoms with Crippen LogP contribution in [0.15, 0.2) is 24.3 Å². The second-order valence-corrected chi connectivity index (χ2v) is 4.56. The van der Waals surface area contributed by atoms with Gasteiger partial charge in [0.05, 0.1) is 0 Å². The molecule has 0 aliphatic rings. The minimum Gasteiger partial charge on any atom is -0.313 e. The summed E-state index contributed by atoms with van der Waals surface area (Å²) in [4.78, 5) is 0. The Balaban J connectivity index is 4.37. The summed E-state index contributed by atoms with van der Waals surface area (Å²) in [7, 11) is 0. The van der Waals surface area contributed by atoms with Crippen LogP contribution in [-0.4, -0.2) is 6.21 Å². The van der Waals surface area contributed by atoms with E-state index in [0.717, 1.165) is 12.0 Å². The maximum absolute atomic E-state index is 7.36. The number of nitrogens with one attached hydrogen (secondary N) is 1. The lowest BCUT2D eigenvalue weighted by molar-refractivity contribution is 0.303. The molecule has 0 fully saturated rings. The molecule has 0 bridgehead atoms. The summed E-state index contributed by atoms with van der Waals surface area (Å²) in [6.07, 6.45) is 8.08. The molecule has 0 rings (SSSR count). The molecule has 0 heterocycles. The molecule has 0 aliphatic carbocycles. The van der Waals surface area contributed by atoms with Gasteiger partial charge in [0.1, 0.15) is 0 Å². The zero-order chi connectivity index (χ0) is 11.8. The van der Waals surface area contributed by atoms with E-state index in [-0.39, 0.29) is 0 Å². The monoisotopic (exact) mass is 207 g/mol. The van der Waals surface area contributed by atoms with Crippen LogP contribution in [0.4, 0.5) is 0 Å². The molecule has 3 atom stereocenters. The van der Waals surface area contributed by atoms with E-state index in [1.807, 2.05) is 6.92 Å². The van der Waals surface area contributed by atoms with Gasteiger partial charge in [-0.15, -0.1) is 0 Å². The van der Waals surface area contributed by atoms with Gasteiger partial charge in [-0.3, -0.25) is 0 Å². The van der Waals surface area contributed by atoms with Crippen molar-refractivity contribution in [1.82, 2.24) is 0 Å². The molecule has 0 aromatic heterocycles. The lowest BCUT2D eigenvalue weighted by atomic mass is 9.80. The van der Waals surface area contributed by atoms with E-state index in [2.05, 4.69) is 39.5 Å². The molecule has 0 saturated carbocycles. The van der Waals surface area contributed by atoms with E-state index in [0.29, 0.717) is 17.8 Å². The molecule has 1 nitrogen and oxygen atoms in total. The van der Waals surface area contributed by atoms with Gasteiger partial charge >= 0.3 is 0 Å². The zero-order valence-corrected chi connectivity index (χ0v) is 10.6. The quantitative estimate of drug-likeness (QED) is 0.471. The van der Waals surface area contributed by atoms with Crippen LogP contribution < -0.4 is 0 Å². The topological polar surface area (TPSA) is 23.9 Å². The highest BCUT2D eigenvalue weighted by Crippen LogP contribution is 2.26. The fourth-order valence-corrected chi connectivity index (χ4v) is 1.82. The van der Waals surface area contributed by atoms with E-state index in [4.69, 9.17) is 5.41 Å². The van der Waals surface area contributed by atoms with E-state index >= 15 is 0 Å². The first kappa shape index (κ1) is 14.2. The van der Waals surface area contributed by atoms with Crippen LogP contribution in [0.5, 0.6) is 0 Å². The summed E-state index contributed by atoms with van der Waals surface area (Å²) in [6.45, 7) is 12.5. The number of hydrogen-bond donors (Lipinski definition) is 1. The molecule has 3 unspecified atom stereocenters. The van der Waals surface area contributed by atoms with Crippen LogP contribution in [0.3, 0.4) is 0 Å². The van der Waals surface area contributed by atoms with Gasteiger partial charge in [0, 0.05) is 0 Å². The van der Waals surface area contributed by atoms with Crippen LogP contribution in [0.2, 0.25) is 0 Å². The molecule has 0 spiro atoms. The summed E-state index contributed by atoms with van der Waals surface area (Å²) in [6, 6.07) is 0. The minimum absolute atomic E-state index is 0.370. The van der Waals surface area contributed by atoms with Gasteiger partial charge in [-0.25, -0.2) is 0 Å². The highest BCUT2D eigenvalue weighted by molar-refractivity contribution is 5.56. The van der Waals surface area contributed by atoms with Crippen molar-refractivity contribution in [3.63, 3.8) is 0 Å². The van der Waals surface area contributed by atoms with E-state index < -0.39 is 0 Å². The minimum atomic E-state index is 0.370. The van der Waals surface area contributed by atoms with Crippen molar-refractivity contribution < 1.29 is 0 Å². The van der Waals surface area contributed by atoms with Crippen molar-refractivity contribution in [2.75, 3.05) is 0 Å². The fourth-order valence-electron chi connectivity index (χ4n) is 1.82. The Bertz CT molecular complexity index is 227. The largest absolute Gasteiger partial charge is 0.313 e. The second kappa shape index (κ2) is 7.44. The Kier molecular flexibility index (Phi) is 7.02. The molecule has 0 aromatic carbocycles. The van der Waals surface area contributed by atoms with Crippen LogP contribution in [0.1, 0.15) is 40.5 Å². The zero-order valence-electron chi connectivity index (χ0n) is 10.6. The SMILES string of the molecule is C=C(C)C=CCC(C(C)C=N)C(C)CC. The van der Waals surface area contributed by atoms with Gasteiger partial charge in [0.2, 0.25) is 0 Å². The summed E-state index contributed by atoms with van der Waals surface area (Å²) in [5, 5.41) is 7.36. The predicted molar refractivity (Wildman–Crippen MR) is 69.5 cm³/mol. The average Bonchev–Trinajstić information content (AvgIpc) is 2.22. The Labute approximate surface area is 94.8 Å². The lowest BCUT2D eigenvalue weighted by Crippen LogP contribution is -2.19. The van der Waals surface area contributed by atoms with Crippen LogP contribution in [-0.2, 0) is 0 Å². The number of hydrogen-bond acceptors (Lipinski definition) is 1. The van der Waals surface area contributed by atoms with Crippen LogP contribution >= 0.6 is 0 Å². The van der Waals surface area contributed by atoms with E-state index in [1.54, 1.807) is 6.21 Å². The third-order valence-electron chi connectivity index (χ3n) is 3.12. The summed E-state index contributed by atoms with van der Waals surface area (Å²) in [5.74, 6) is 1.63. The maximum Gasteiger partial charge on any atom is -0.00165 e. The molecule has 0 amide bonds. The summed E-state index contributed by atoms with van der Waals surface area (Å²) >= 11 is 0. The average molecular weight is 207 g/mol. The van der Waals surface area contributed by atoms with E-state index in [1.165, 1.54) is 6.42 Å². The molecule has 0 radical (unpaired) electrons. The van der Waals surface area contributed by atoms with Gasteiger partial charge in [-0.05, 0) is 37.3 Å². The van der Waals surface area contributed by atoms with Gasteiger partial charge in [0.25, 0.3) is 0 Å². The maximum atomic E-state index is 7.36. The summed E-state index contributed by atoms with van der Waals surface area (Å²) in [5.41, 5.74) is 1.10. The first-order valence-corrected chi connectivity index (χ1v) is 5.85. The van der Waals surface area contributed by atoms with Gasteiger partial charge in [-0.1, -0.05) is 51.5 Å². The van der Waals surface area contributed by atoms with Crippen LogP contribution in [0, 0.1) is 23.2 Å². The van der Waals surface area contributed by atoms with Crippen molar-refractivity contribution in [2.24, 2.45) is 17.8 Å². The van der Waals surface area contributed by atoms with Crippen molar-refractivity contribution >= 4 is 6.21 Å². The molecule has 0 aliphatic heterocycles. The lowest BCUT2D eigenvalue weighted by Gasteiger charge is -2.25. The Hall–Kier alpha value is -0.850. The van der Waals surface area contributed by atoms with Gasteiger partial charge in [0.15, 0.2) is 0 Å². The highest BCUT2D eigenvalue weighted by atomic mass is 14.4. The third-order valence-corrected chi connectivity index (χ3v) is 3.12. The van der Waals surface area contributed by atoms with Crippen molar-refractivity contribution in [2.45, 2.75) is 40.5 Å². The van der Waals surface area contributed by atoms with Crippen molar-refractivity contribution in [3.05, 3.63) is 24.3 Å². The van der Waals surface area contributed by atoms with E-state index in [9.17, 15) is 0 Å². The summed E-state index contributed by atoms with van der Waals surface area (Å²) < 4.78 is 0. The molecule has 15 heavy (non-hydrogen) atoms. The molecule has 1 N–H and O–H groups in total. The number of rotatable bonds is 7. The predicted octanol–water partition coefficient (Wildman–Crippen LogP) is 4.46. The van der Waals surface area contributed by atoms with Gasteiger partial charge < -0.3 is 5.41 Å². The molecule has 1 heteroatoms. The first-order chi connectivity index (χ1) is 7.02. The molecular formula is C14H25N. The second-order valence-electron chi connectivity index (χ2n) is 4.56. The van der Waals surface area contributed by atoms with Crippen molar-refractivity contribution in [3.8, 4) is 0 Å². The standard InChI is InChI=1S/C14H25N/c1-6-12(4)14(13(5)10-15)9-7-8-11(2)3/h7-8,10,12-15H,2,6,9H2,1,3-5H3. The molecule has 0 aromatic rings. The highest BCUT2D eigenvalue weighted by Gasteiger charge is 2.19. The van der Waals surface area contributed by atoms with Crippen molar-refractivity contribution in [1.29, 1.82) is 5.41 Å². The number of allylic oxidation sites excluding steroid dienone is 3. The smallest absolute Gasteiger partial charge is 0.00165 e. The third kappa shape index (κ3) is 5.56. The first-order valence-electron chi connectivity index (χ1n) is 5.85. The van der Waals surface area contributed by atoms with Gasteiger partial charge in [-0.2, -0.15) is 0 Å². The Morgan fingerprint density at radius 2 is 2.00 bits per heavy atom. The fraction of sp³-hybridized carbons (Fsp3) is 0.643. The normalized spacial score (nSPS) is 17.3. The molecular weight excluding hydrogens is 182 g/mol.